The summed E-state index contributed by atoms with van der Waals surface area (Å²) in [5, 5.41) is 5.01. The molecule has 1 aliphatic rings. The Morgan fingerprint density at radius 3 is 2.42 bits per heavy atom. The Hall–Kier alpha value is -3.64. The molecule has 0 spiro atoms. The Bertz CT molecular complexity index is 1390. The number of rotatable bonds is 4. The van der Waals surface area contributed by atoms with E-state index in [9.17, 15) is 13.2 Å². The van der Waals surface area contributed by atoms with Gasteiger partial charge in [0.1, 0.15) is 0 Å². The van der Waals surface area contributed by atoms with E-state index in [2.05, 4.69) is 5.32 Å². The molecule has 0 aliphatic carbocycles. The molecule has 0 fully saturated rings. The summed E-state index contributed by atoms with van der Waals surface area (Å²) in [6, 6.07) is 27.3. The summed E-state index contributed by atoms with van der Waals surface area (Å²) in [5.74, 6) is -0.219. The van der Waals surface area contributed by atoms with Crippen LogP contribution in [-0.4, -0.2) is 20.9 Å². The molecule has 0 saturated heterocycles. The third-order valence-electron chi connectivity index (χ3n) is 5.56. The van der Waals surface area contributed by atoms with Crippen LogP contribution in [0.1, 0.15) is 15.9 Å². The van der Waals surface area contributed by atoms with Crippen LogP contribution in [-0.2, 0) is 16.4 Å². The first-order chi connectivity index (χ1) is 15.0. The number of sulfonamides is 1. The minimum atomic E-state index is -3.63. The van der Waals surface area contributed by atoms with E-state index in [1.54, 1.807) is 48.5 Å². The average Bonchev–Trinajstić information content (AvgIpc) is 3.24. The van der Waals surface area contributed by atoms with Crippen molar-refractivity contribution >= 4 is 38.1 Å². The molecule has 0 radical (unpaired) electrons. The Kier molecular flexibility index (Phi) is 4.71. The fraction of sp³-hybridized carbons (Fsp3) is 0.0800. The van der Waals surface area contributed by atoms with Gasteiger partial charge in [0.05, 0.1) is 10.6 Å². The molecule has 31 heavy (non-hydrogen) atoms. The summed E-state index contributed by atoms with van der Waals surface area (Å²) < 4.78 is 27.5. The number of benzene rings is 4. The second-order valence-electron chi connectivity index (χ2n) is 7.46. The topological polar surface area (TPSA) is 66.5 Å². The monoisotopic (exact) mass is 428 g/mol. The zero-order chi connectivity index (χ0) is 21.4. The van der Waals surface area contributed by atoms with Gasteiger partial charge in [0, 0.05) is 23.2 Å². The second-order valence-corrected chi connectivity index (χ2v) is 9.33. The van der Waals surface area contributed by atoms with Crippen LogP contribution >= 0.6 is 0 Å². The predicted octanol–water partition coefficient (Wildman–Crippen LogP) is 4.84. The lowest BCUT2D eigenvalue weighted by atomic mass is 10.1. The number of nitrogens with one attached hydrogen (secondary N) is 1. The maximum Gasteiger partial charge on any atom is 0.264 e. The Morgan fingerprint density at radius 2 is 1.58 bits per heavy atom. The molecule has 1 heterocycles. The first kappa shape index (κ1) is 19.3. The Morgan fingerprint density at radius 1 is 0.839 bits per heavy atom. The molecule has 0 unspecified atom stereocenters. The van der Waals surface area contributed by atoms with Crippen molar-refractivity contribution < 1.29 is 13.2 Å². The van der Waals surface area contributed by atoms with E-state index in [0.717, 1.165) is 22.0 Å². The fourth-order valence-electron chi connectivity index (χ4n) is 4.01. The van der Waals surface area contributed by atoms with Crippen molar-refractivity contribution in [3.05, 3.63) is 102 Å². The highest BCUT2D eigenvalue weighted by Gasteiger charge is 2.31. The highest BCUT2D eigenvalue weighted by Crippen LogP contribution is 2.34. The molecule has 1 aliphatic heterocycles. The van der Waals surface area contributed by atoms with Crippen LogP contribution in [0.5, 0.6) is 0 Å². The minimum absolute atomic E-state index is 0.219. The first-order valence-corrected chi connectivity index (χ1v) is 11.5. The van der Waals surface area contributed by atoms with E-state index >= 15 is 0 Å². The van der Waals surface area contributed by atoms with Crippen LogP contribution in [0.15, 0.2) is 95.9 Å². The molecule has 5 rings (SSSR count). The van der Waals surface area contributed by atoms with Crippen LogP contribution in [0.4, 0.5) is 11.4 Å². The van der Waals surface area contributed by atoms with Gasteiger partial charge in [-0.2, -0.15) is 0 Å². The number of hydrogen-bond donors (Lipinski definition) is 1. The number of anilines is 2. The summed E-state index contributed by atoms with van der Waals surface area (Å²) in [6.07, 6.45) is 0.566. The molecule has 1 N–H and O–H groups in total. The van der Waals surface area contributed by atoms with Crippen LogP contribution in [0.25, 0.3) is 10.8 Å². The minimum Gasteiger partial charge on any atom is -0.321 e. The van der Waals surface area contributed by atoms with E-state index in [1.165, 1.54) is 4.31 Å². The lowest BCUT2D eigenvalue weighted by Crippen LogP contribution is -2.29. The number of hydrogen-bond acceptors (Lipinski definition) is 3. The molecule has 0 saturated carbocycles. The van der Waals surface area contributed by atoms with Crippen molar-refractivity contribution in [2.45, 2.75) is 11.3 Å². The van der Waals surface area contributed by atoms with Gasteiger partial charge in [-0.1, -0.05) is 54.6 Å². The largest absolute Gasteiger partial charge is 0.321 e. The number of fused-ring (bicyclic) bond motifs is 2. The van der Waals surface area contributed by atoms with E-state index < -0.39 is 10.0 Å². The van der Waals surface area contributed by atoms with Gasteiger partial charge >= 0.3 is 0 Å². The third-order valence-corrected chi connectivity index (χ3v) is 7.39. The van der Waals surface area contributed by atoms with Crippen molar-refractivity contribution in [2.24, 2.45) is 0 Å². The lowest BCUT2D eigenvalue weighted by molar-refractivity contribution is 0.102. The maximum absolute atomic E-state index is 13.0. The molecule has 0 bridgehead atoms. The zero-order valence-electron chi connectivity index (χ0n) is 16.7. The van der Waals surface area contributed by atoms with E-state index in [1.807, 2.05) is 42.5 Å². The Labute approximate surface area is 181 Å². The van der Waals surface area contributed by atoms with Gasteiger partial charge < -0.3 is 5.32 Å². The number of carbonyl (C=O) groups excluding carboxylic acids is 1. The van der Waals surface area contributed by atoms with Crippen LogP contribution in [0, 0.1) is 0 Å². The zero-order valence-corrected chi connectivity index (χ0v) is 17.5. The summed E-state index contributed by atoms with van der Waals surface area (Å²) >= 11 is 0. The van der Waals surface area contributed by atoms with Crippen molar-refractivity contribution in [3.8, 4) is 0 Å². The summed E-state index contributed by atoms with van der Waals surface area (Å²) in [4.78, 5) is 13.2. The van der Waals surface area contributed by atoms with Crippen LogP contribution < -0.4 is 9.62 Å². The van der Waals surface area contributed by atoms with Gasteiger partial charge in [0.2, 0.25) is 0 Å². The van der Waals surface area contributed by atoms with Gasteiger partial charge in [-0.15, -0.1) is 0 Å². The SMILES string of the molecule is O=C(Nc1cccc2ccccc12)c1ccc2c(c1)CCN2S(=O)(=O)c1ccccc1. The van der Waals surface area contributed by atoms with E-state index in [0.29, 0.717) is 24.2 Å². The van der Waals surface area contributed by atoms with Crippen molar-refractivity contribution in [2.75, 3.05) is 16.2 Å². The van der Waals surface area contributed by atoms with E-state index in [-0.39, 0.29) is 10.8 Å². The van der Waals surface area contributed by atoms with Gasteiger partial charge in [0.25, 0.3) is 15.9 Å². The molecular weight excluding hydrogens is 408 g/mol. The van der Waals surface area contributed by atoms with Crippen LogP contribution in [0.3, 0.4) is 0 Å². The standard InChI is InChI=1S/C25H20N2O3S/c28-25(26-23-12-6-8-18-7-4-5-11-22(18)23)20-13-14-24-19(17-20)15-16-27(24)31(29,30)21-9-2-1-3-10-21/h1-14,17H,15-16H2,(H,26,28). The normalized spacial score (nSPS) is 13.2. The summed E-state index contributed by atoms with van der Waals surface area (Å²) in [7, 11) is -3.63. The molecule has 0 atom stereocenters. The predicted molar refractivity (Wildman–Crippen MR) is 123 cm³/mol. The van der Waals surface area contributed by atoms with Crippen molar-refractivity contribution in [1.82, 2.24) is 0 Å². The number of carbonyl (C=O) groups is 1. The van der Waals surface area contributed by atoms with Crippen molar-refractivity contribution in [3.63, 3.8) is 0 Å². The highest BCUT2D eigenvalue weighted by atomic mass is 32.2. The molecule has 6 heteroatoms. The van der Waals surface area contributed by atoms with Gasteiger partial charge in [-0.25, -0.2) is 8.42 Å². The number of amides is 1. The van der Waals surface area contributed by atoms with Gasteiger partial charge in [-0.05, 0) is 53.8 Å². The van der Waals surface area contributed by atoms with Gasteiger partial charge in [-0.3, -0.25) is 9.10 Å². The summed E-state index contributed by atoms with van der Waals surface area (Å²) in [6.45, 7) is 0.362. The third kappa shape index (κ3) is 3.45. The lowest BCUT2D eigenvalue weighted by Gasteiger charge is -2.19. The molecule has 0 aromatic heterocycles. The first-order valence-electron chi connectivity index (χ1n) is 10.0. The number of nitrogens with zero attached hydrogens (tertiary/aromatic N) is 1. The second kappa shape index (κ2) is 7.56. The smallest absolute Gasteiger partial charge is 0.264 e. The Balaban J connectivity index is 1.43. The molecule has 5 nitrogen and oxygen atoms in total. The summed E-state index contributed by atoms with van der Waals surface area (Å²) in [5.41, 5.74) is 2.73. The van der Waals surface area contributed by atoms with E-state index in [4.69, 9.17) is 0 Å². The molecule has 4 aromatic rings. The van der Waals surface area contributed by atoms with Crippen molar-refractivity contribution in [1.29, 1.82) is 0 Å². The maximum atomic E-state index is 13.0. The average molecular weight is 429 g/mol. The quantitative estimate of drug-likeness (QED) is 0.506. The highest BCUT2D eigenvalue weighted by molar-refractivity contribution is 7.92. The fourth-order valence-corrected chi connectivity index (χ4v) is 5.54. The van der Waals surface area contributed by atoms with Crippen LogP contribution in [0.2, 0.25) is 0 Å². The molecular formula is C25H20N2O3S. The van der Waals surface area contributed by atoms with Gasteiger partial charge in [0.15, 0.2) is 0 Å². The molecule has 154 valence electrons. The molecule has 4 aromatic carbocycles. The molecule has 1 amide bonds.